The highest BCUT2D eigenvalue weighted by Crippen LogP contribution is 2.21. The maximum absolute atomic E-state index is 8.69. The van der Waals surface area contributed by atoms with E-state index in [-0.39, 0.29) is 5.92 Å². The lowest BCUT2D eigenvalue weighted by Gasteiger charge is -2.21. The fraction of sp³-hybridized carbons (Fsp3) is 0.364. The SMILES string of the molecule is CC(C#N)CN(C)c1ccccc1N. The molecule has 1 aromatic carbocycles. The molecule has 0 radical (unpaired) electrons. The van der Waals surface area contributed by atoms with Crippen LogP contribution in [0, 0.1) is 17.2 Å². The molecule has 0 fully saturated rings. The number of nitrogen functional groups attached to an aromatic ring is 1. The summed E-state index contributed by atoms with van der Waals surface area (Å²) in [4.78, 5) is 2.00. The Morgan fingerprint density at radius 1 is 1.50 bits per heavy atom. The van der Waals surface area contributed by atoms with Gasteiger partial charge in [0.25, 0.3) is 0 Å². The first-order chi connectivity index (χ1) is 6.65. The van der Waals surface area contributed by atoms with Crippen molar-refractivity contribution < 1.29 is 0 Å². The molecule has 1 unspecified atom stereocenters. The van der Waals surface area contributed by atoms with Crippen LogP contribution < -0.4 is 10.6 Å². The second kappa shape index (κ2) is 4.52. The van der Waals surface area contributed by atoms with Crippen molar-refractivity contribution in [2.24, 2.45) is 5.92 Å². The number of benzene rings is 1. The molecule has 0 aliphatic rings. The van der Waals surface area contributed by atoms with Crippen LogP contribution in [-0.2, 0) is 0 Å². The van der Waals surface area contributed by atoms with Gasteiger partial charge in [-0.1, -0.05) is 12.1 Å². The molecule has 2 N–H and O–H groups in total. The summed E-state index contributed by atoms with van der Waals surface area (Å²) in [6.07, 6.45) is 0. The van der Waals surface area contributed by atoms with Gasteiger partial charge in [-0.15, -0.1) is 0 Å². The molecule has 0 aromatic heterocycles. The van der Waals surface area contributed by atoms with Crippen molar-refractivity contribution >= 4 is 11.4 Å². The minimum Gasteiger partial charge on any atom is -0.397 e. The topological polar surface area (TPSA) is 53.0 Å². The van der Waals surface area contributed by atoms with Gasteiger partial charge in [0.05, 0.1) is 23.4 Å². The predicted molar refractivity (Wildman–Crippen MR) is 58.9 cm³/mol. The highest BCUT2D eigenvalue weighted by Gasteiger charge is 2.07. The molecular weight excluding hydrogens is 174 g/mol. The maximum atomic E-state index is 8.69. The second-order valence-electron chi connectivity index (χ2n) is 3.47. The lowest BCUT2D eigenvalue weighted by molar-refractivity contribution is 0.717. The van der Waals surface area contributed by atoms with E-state index in [1.165, 1.54) is 0 Å². The number of rotatable bonds is 3. The van der Waals surface area contributed by atoms with Gasteiger partial charge in [-0.3, -0.25) is 0 Å². The number of hydrogen-bond acceptors (Lipinski definition) is 3. The highest BCUT2D eigenvalue weighted by molar-refractivity contribution is 5.66. The average Bonchev–Trinajstić information content (AvgIpc) is 2.18. The Morgan fingerprint density at radius 2 is 2.14 bits per heavy atom. The van der Waals surface area contributed by atoms with Crippen molar-refractivity contribution in [2.75, 3.05) is 24.2 Å². The molecule has 14 heavy (non-hydrogen) atoms. The Morgan fingerprint density at radius 3 is 2.71 bits per heavy atom. The summed E-state index contributed by atoms with van der Waals surface area (Å²) in [5, 5.41) is 8.69. The molecule has 1 rings (SSSR count). The zero-order chi connectivity index (χ0) is 10.6. The Hall–Kier alpha value is -1.69. The van der Waals surface area contributed by atoms with Crippen molar-refractivity contribution in [1.82, 2.24) is 0 Å². The molecule has 1 atom stereocenters. The second-order valence-corrected chi connectivity index (χ2v) is 3.47. The van der Waals surface area contributed by atoms with Crippen LogP contribution in [-0.4, -0.2) is 13.6 Å². The van der Waals surface area contributed by atoms with Gasteiger partial charge in [0.15, 0.2) is 0 Å². The molecule has 3 nitrogen and oxygen atoms in total. The molecule has 0 heterocycles. The molecule has 0 aliphatic carbocycles. The summed E-state index contributed by atoms with van der Waals surface area (Å²) in [6.45, 7) is 2.60. The average molecular weight is 189 g/mol. The van der Waals surface area contributed by atoms with Crippen molar-refractivity contribution in [3.8, 4) is 6.07 Å². The van der Waals surface area contributed by atoms with E-state index in [2.05, 4.69) is 6.07 Å². The minimum atomic E-state index is 0.0135. The van der Waals surface area contributed by atoms with Crippen LogP contribution in [0.5, 0.6) is 0 Å². The molecule has 0 amide bonds. The normalized spacial score (nSPS) is 11.8. The Bertz CT molecular complexity index is 341. The van der Waals surface area contributed by atoms with E-state index in [0.29, 0.717) is 6.54 Å². The van der Waals surface area contributed by atoms with Crippen LogP contribution in [0.3, 0.4) is 0 Å². The standard InChI is InChI=1S/C11H15N3/c1-9(7-12)8-14(2)11-6-4-3-5-10(11)13/h3-6,9H,8,13H2,1-2H3. The fourth-order valence-corrected chi connectivity index (χ4v) is 1.39. The van der Waals surface area contributed by atoms with Crippen LogP contribution in [0.4, 0.5) is 11.4 Å². The quantitative estimate of drug-likeness (QED) is 0.738. The van der Waals surface area contributed by atoms with E-state index in [1.54, 1.807) is 0 Å². The molecule has 0 spiro atoms. The maximum Gasteiger partial charge on any atom is 0.0671 e. The van der Waals surface area contributed by atoms with Gasteiger partial charge in [0.1, 0.15) is 0 Å². The molecular formula is C11H15N3. The molecule has 0 saturated heterocycles. The number of hydrogen-bond donors (Lipinski definition) is 1. The van der Waals surface area contributed by atoms with Crippen molar-refractivity contribution in [3.05, 3.63) is 24.3 Å². The number of nitriles is 1. The zero-order valence-corrected chi connectivity index (χ0v) is 8.57. The van der Waals surface area contributed by atoms with Crippen molar-refractivity contribution in [3.63, 3.8) is 0 Å². The first-order valence-electron chi connectivity index (χ1n) is 4.60. The lowest BCUT2D eigenvalue weighted by Crippen LogP contribution is -2.23. The Labute approximate surface area is 84.7 Å². The predicted octanol–water partition coefficient (Wildman–Crippen LogP) is 1.86. The Balaban J connectivity index is 2.75. The van der Waals surface area contributed by atoms with E-state index in [4.69, 9.17) is 11.0 Å². The summed E-state index contributed by atoms with van der Waals surface area (Å²) in [7, 11) is 1.94. The molecule has 0 saturated carbocycles. The van der Waals surface area contributed by atoms with Gasteiger partial charge in [0, 0.05) is 13.6 Å². The van der Waals surface area contributed by atoms with Crippen LogP contribution in [0.25, 0.3) is 0 Å². The van der Waals surface area contributed by atoms with Crippen LogP contribution in [0.1, 0.15) is 6.92 Å². The summed E-state index contributed by atoms with van der Waals surface area (Å²) in [5.74, 6) is 0.0135. The largest absolute Gasteiger partial charge is 0.397 e. The van der Waals surface area contributed by atoms with E-state index >= 15 is 0 Å². The highest BCUT2D eigenvalue weighted by atomic mass is 15.1. The van der Waals surface area contributed by atoms with E-state index < -0.39 is 0 Å². The molecule has 3 heteroatoms. The summed E-state index contributed by atoms with van der Waals surface area (Å²) in [5.41, 5.74) is 7.55. The number of anilines is 2. The smallest absolute Gasteiger partial charge is 0.0671 e. The Kier molecular flexibility index (Phi) is 3.35. The van der Waals surface area contributed by atoms with Gasteiger partial charge < -0.3 is 10.6 Å². The van der Waals surface area contributed by atoms with Gasteiger partial charge in [-0.25, -0.2) is 0 Å². The fourth-order valence-electron chi connectivity index (χ4n) is 1.39. The van der Waals surface area contributed by atoms with Crippen LogP contribution in [0.15, 0.2) is 24.3 Å². The summed E-state index contributed by atoms with van der Waals surface area (Å²) < 4.78 is 0. The third-order valence-electron chi connectivity index (χ3n) is 2.12. The first-order valence-corrected chi connectivity index (χ1v) is 4.60. The van der Waals surface area contributed by atoms with E-state index in [0.717, 1.165) is 11.4 Å². The molecule has 1 aromatic rings. The third kappa shape index (κ3) is 2.40. The number of nitrogens with two attached hydrogens (primary N) is 1. The molecule has 0 bridgehead atoms. The lowest BCUT2D eigenvalue weighted by atomic mass is 10.2. The number of para-hydroxylation sites is 2. The minimum absolute atomic E-state index is 0.0135. The van der Waals surface area contributed by atoms with Crippen molar-refractivity contribution in [1.29, 1.82) is 5.26 Å². The molecule has 0 aliphatic heterocycles. The zero-order valence-electron chi connectivity index (χ0n) is 8.57. The van der Waals surface area contributed by atoms with Crippen LogP contribution >= 0.6 is 0 Å². The van der Waals surface area contributed by atoms with E-state index in [1.807, 2.05) is 43.1 Å². The van der Waals surface area contributed by atoms with Crippen molar-refractivity contribution in [2.45, 2.75) is 6.92 Å². The van der Waals surface area contributed by atoms with Gasteiger partial charge in [-0.05, 0) is 19.1 Å². The number of nitrogens with zero attached hydrogens (tertiary/aromatic N) is 2. The monoisotopic (exact) mass is 189 g/mol. The summed E-state index contributed by atoms with van der Waals surface area (Å²) >= 11 is 0. The van der Waals surface area contributed by atoms with Gasteiger partial charge in [-0.2, -0.15) is 5.26 Å². The van der Waals surface area contributed by atoms with E-state index in [9.17, 15) is 0 Å². The molecule has 74 valence electrons. The van der Waals surface area contributed by atoms with Gasteiger partial charge in [0.2, 0.25) is 0 Å². The van der Waals surface area contributed by atoms with Crippen LogP contribution in [0.2, 0.25) is 0 Å². The first kappa shape index (κ1) is 10.4. The van der Waals surface area contributed by atoms with Gasteiger partial charge >= 0.3 is 0 Å². The third-order valence-corrected chi connectivity index (χ3v) is 2.12. The summed E-state index contributed by atoms with van der Waals surface area (Å²) in [6, 6.07) is 9.87.